The molecule has 0 saturated heterocycles. The van der Waals surface area contributed by atoms with Gasteiger partial charge < -0.3 is 14.2 Å². The number of carbonyl (C=O) groups is 1. The summed E-state index contributed by atoms with van der Waals surface area (Å²) >= 11 is 5.33. The van der Waals surface area contributed by atoms with Gasteiger partial charge in [-0.15, -0.1) is 0 Å². The summed E-state index contributed by atoms with van der Waals surface area (Å²) in [5.41, 5.74) is 1.22. The standard InChI is InChI=1S/C16H15F3N2O2S/c1-20-11(4-5-13(22)23)12-6-8(7-21(12)16(20)24)14-9(17)2-3-10(18)15(14)19/h2-3,8H,4-7H2,1H3,(H,22,23)/t8-/m0/s1. The minimum Gasteiger partial charge on any atom is -0.481 e. The summed E-state index contributed by atoms with van der Waals surface area (Å²) < 4.78 is 45.5. The lowest BCUT2D eigenvalue weighted by Crippen LogP contribution is -2.10. The summed E-state index contributed by atoms with van der Waals surface area (Å²) in [4.78, 5) is 10.8. The number of benzene rings is 1. The fourth-order valence-corrected chi connectivity index (χ4v) is 3.64. The Bertz CT molecular complexity index is 888. The van der Waals surface area contributed by atoms with Gasteiger partial charge in [-0.1, -0.05) is 0 Å². The van der Waals surface area contributed by atoms with E-state index in [1.165, 1.54) is 0 Å². The van der Waals surface area contributed by atoms with Crippen LogP contribution < -0.4 is 0 Å². The number of hydrogen-bond donors (Lipinski definition) is 1. The molecule has 4 nitrogen and oxygen atoms in total. The van der Waals surface area contributed by atoms with Crippen LogP contribution in [0.1, 0.15) is 29.3 Å². The average Bonchev–Trinajstić information content (AvgIpc) is 3.02. The van der Waals surface area contributed by atoms with Crippen LogP contribution in [0.5, 0.6) is 0 Å². The van der Waals surface area contributed by atoms with Crippen LogP contribution in [0.2, 0.25) is 0 Å². The smallest absolute Gasteiger partial charge is 0.303 e. The second-order valence-electron chi connectivity index (χ2n) is 5.90. The molecule has 128 valence electrons. The molecule has 0 saturated carbocycles. The van der Waals surface area contributed by atoms with Gasteiger partial charge in [0.1, 0.15) is 5.82 Å². The molecule has 0 spiro atoms. The molecule has 1 atom stereocenters. The summed E-state index contributed by atoms with van der Waals surface area (Å²) in [7, 11) is 1.74. The van der Waals surface area contributed by atoms with Crippen LogP contribution >= 0.6 is 12.2 Å². The molecule has 24 heavy (non-hydrogen) atoms. The van der Waals surface area contributed by atoms with E-state index in [0.29, 0.717) is 4.77 Å². The molecule has 1 aromatic heterocycles. The maximum atomic E-state index is 14.0. The average molecular weight is 356 g/mol. The van der Waals surface area contributed by atoms with Crippen LogP contribution in [0.4, 0.5) is 13.2 Å². The SMILES string of the molecule is Cn1c(CCC(=O)O)c2n(c1=S)C[C@@H](c1c(F)ccc(F)c1F)C2. The number of rotatable bonds is 4. The molecule has 1 aliphatic rings. The number of imidazole rings is 1. The van der Waals surface area contributed by atoms with Gasteiger partial charge in [0.15, 0.2) is 16.4 Å². The molecule has 1 aromatic carbocycles. The molecule has 1 N–H and O–H groups in total. The predicted molar refractivity (Wildman–Crippen MR) is 83.0 cm³/mol. The summed E-state index contributed by atoms with van der Waals surface area (Å²) in [5.74, 6) is -4.54. The molecule has 0 unspecified atom stereocenters. The van der Waals surface area contributed by atoms with Crippen molar-refractivity contribution in [1.82, 2.24) is 9.13 Å². The Morgan fingerprint density at radius 1 is 1.33 bits per heavy atom. The van der Waals surface area contributed by atoms with Gasteiger partial charge in [-0.25, -0.2) is 13.2 Å². The van der Waals surface area contributed by atoms with Crippen molar-refractivity contribution >= 4 is 18.2 Å². The molecule has 0 bridgehead atoms. The third-order valence-corrected chi connectivity index (χ3v) is 4.98. The van der Waals surface area contributed by atoms with Gasteiger partial charge >= 0.3 is 5.97 Å². The van der Waals surface area contributed by atoms with E-state index in [9.17, 15) is 18.0 Å². The van der Waals surface area contributed by atoms with Gasteiger partial charge in [0.2, 0.25) is 0 Å². The molecule has 2 aromatic rings. The molecular weight excluding hydrogens is 341 g/mol. The van der Waals surface area contributed by atoms with Crippen molar-refractivity contribution in [2.24, 2.45) is 7.05 Å². The van der Waals surface area contributed by atoms with Crippen LogP contribution in [-0.4, -0.2) is 20.2 Å². The second-order valence-corrected chi connectivity index (χ2v) is 6.26. The Labute approximate surface area is 141 Å². The number of carboxylic acids is 1. The van der Waals surface area contributed by atoms with Crippen molar-refractivity contribution in [1.29, 1.82) is 0 Å². The Kier molecular flexibility index (Phi) is 4.25. The lowest BCUT2D eigenvalue weighted by Gasteiger charge is -2.13. The van der Waals surface area contributed by atoms with Gasteiger partial charge in [0, 0.05) is 36.5 Å². The Morgan fingerprint density at radius 3 is 2.67 bits per heavy atom. The quantitative estimate of drug-likeness (QED) is 0.675. The maximum absolute atomic E-state index is 14.0. The Hall–Kier alpha value is -2.09. The Morgan fingerprint density at radius 2 is 2.00 bits per heavy atom. The molecule has 0 fully saturated rings. The third kappa shape index (κ3) is 2.64. The minimum atomic E-state index is -1.17. The lowest BCUT2D eigenvalue weighted by molar-refractivity contribution is -0.136. The maximum Gasteiger partial charge on any atom is 0.303 e. The van der Waals surface area contributed by atoms with E-state index >= 15 is 0 Å². The number of nitrogens with zero attached hydrogens (tertiary/aromatic N) is 2. The molecule has 2 heterocycles. The lowest BCUT2D eigenvalue weighted by atomic mass is 9.94. The van der Waals surface area contributed by atoms with Crippen LogP contribution in [-0.2, 0) is 31.2 Å². The van der Waals surface area contributed by atoms with E-state index in [1.54, 1.807) is 16.2 Å². The number of hydrogen-bond acceptors (Lipinski definition) is 2. The molecular formula is C16H15F3N2O2S. The first-order chi connectivity index (χ1) is 11.3. The summed E-state index contributed by atoms with van der Waals surface area (Å²) in [6.07, 6.45) is 0.502. The van der Waals surface area contributed by atoms with Crippen LogP contribution in [0.3, 0.4) is 0 Å². The highest BCUT2D eigenvalue weighted by molar-refractivity contribution is 7.71. The van der Waals surface area contributed by atoms with Crippen molar-refractivity contribution in [2.45, 2.75) is 31.7 Å². The molecule has 0 aliphatic carbocycles. The van der Waals surface area contributed by atoms with Crippen LogP contribution in [0.15, 0.2) is 12.1 Å². The van der Waals surface area contributed by atoms with E-state index in [2.05, 4.69) is 0 Å². The highest BCUT2D eigenvalue weighted by atomic mass is 32.1. The van der Waals surface area contributed by atoms with Crippen LogP contribution in [0, 0.1) is 22.2 Å². The van der Waals surface area contributed by atoms with E-state index in [4.69, 9.17) is 17.3 Å². The summed E-state index contributed by atoms with van der Waals surface area (Å²) in [6.45, 7) is 0.242. The zero-order valence-corrected chi connectivity index (χ0v) is 13.7. The third-order valence-electron chi connectivity index (χ3n) is 4.49. The largest absolute Gasteiger partial charge is 0.481 e. The molecule has 1 aliphatic heterocycles. The van der Waals surface area contributed by atoms with Gasteiger partial charge in [-0.2, -0.15) is 0 Å². The molecule has 3 rings (SSSR count). The van der Waals surface area contributed by atoms with E-state index in [-0.39, 0.29) is 31.4 Å². The zero-order chi connectivity index (χ0) is 17.6. The van der Waals surface area contributed by atoms with Crippen molar-refractivity contribution in [3.05, 3.63) is 51.3 Å². The van der Waals surface area contributed by atoms with Crippen molar-refractivity contribution in [2.75, 3.05) is 0 Å². The normalized spacial score (nSPS) is 16.4. The molecule has 8 heteroatoms. The summed E-state index contributed by atoms with van der Waals surface area (Å²) in [6, 6.07) is 1.68. The Balaban J connectivity index is 1.99. The van der Waals surface area contributed by atoms with Gasteiger partial charge in [0.25, 0.3) is 0 Å². The summed E-state index contributed by atoms with van der Waals surface area (Å²) in [5, 5.41) is 8.87. The van der Waals surface area contributed by atoms with Gasteiger partial charge in [-0.05, 0) is 37.2 Å². The number of fused-ring (bicyclic) bond motifs is 1. The number of aromatic nitrogens is 2. The molecule has 0 amide bonds. The van der Waals surface area contributed by atoms with Gasteiger partial charge in [-0.3, -0.25) is 4.79 Å². The number of halogens is 3. The van der Waals surface area contributed by atoms with Gasteiger partial charge in [0.05, 0.1) is 6.42 Å². The van der Waals surface area contributed by atoms with Crippen LogP contribution in [0.25, 0.3) is 0 Å². The topological polar surface area (TPSA) is 47.2 Å². The number of aliphatic carboxylic acids is 1. The highest BCUT2D eigenvalue weighted by Crippen LogP contribution is 2.36. The monoisotopic (exact) mass is 356 g/mol. The molecule has 0 radical (unpaired) electrons. The van der Waals surface area contributed by atoms with Crippen molar-refractivity contribution < 1.29 is 23.1 Å². The predicted octanol–water partition coefficient (Wildman–Crippen LogP) is 3.33. The fourth-order valence-electron chi connectivity index (χ4n) is 3.34. The first kappa shape index (κ1) is 16.8. The minimum absolute atomic E-state index is 0.0625. The van der Waals surface area contributed by atoms with Crippen molar-refractivity contribution in [3.8, 4) is 0 Å². The van der Waals surface area contributed by atoms with E-state index < -0.39 is 29.3 Å². The highest BCUT2D eigenvalue weighted by Gasteiger charge is 2.32. The van der Waals surface area contributed by atoms with E-state index in [0.717, 1.165) is 23.5 Å². The first-order valence-electron chi connectivity index (χ1n) is 7.43. The first-order valence-corrected chi connectivity index (χ1v) is 7.84. The second kappa shape index (κ2) is 6.08. The van der Waals surface area contributed by atoms with E-state index in [1.807, 2.05) is 0 Å². The number of carboxylic acid groups (broad SMARTS) is 1. The zero-order valence-electron chi connectivity index (χ0n) is 12.9. The van der Waals surface area contributed by atoms with Crippen molar-refractivity contribution in [3.63, 3.8) is 0 Å². The fraction of sp³-hybridized carbons (Fsp3) is 0.375.